The molecule has 0 unspecified atom stereocenters. The highest BCUT2D eigenvalue weighted by Gasteiger charge is 1.96. The van der Waals surface area contributed by atoms with Gasteiger partial charge in [-0.15, -0.1) is 11.3 Å². The molecule has 1 N–H and O–H groups in total. The number of nitrogens with zero attached hydrogens (tertiary/aromatic N) is 2. The predicted molar refractivity (Wildman–Crippen MR) is 67.6 cm³/mol. The van der Waals surface area contributed by atoms with E-state index in [-0.39, 0.29) is 0 Å². The van der Waals surface area contributed by atoms with Crippen LogP contribution >= 0.6 is 11.3 Å². The topological polar surface area (TPSA) is 29.9 Å². The number of aryl methyl sites for hydroxylation is 2. The van der Waals surface area contributed by atoms with E-state index in [2.05, 4.69) is 27.9 Å². The van der Waals surface area contributed by atoms with Crippen LogP contribution in [0.15, 0.2) is 29.8 Å². The van der Waals surface area contributed by atoms with E-state index in [9.17, 15) is 0 Å². The Bertz CT molecular complexity index is 406. The van der Waals surface area contributed by atoms with Gasteiger partial charge in [-0.3, -0.25) is 4.68 Å². The first-order chi connectivity index (χ1) is 7.84. The second-order valence-electron chi connectivity index (χ2n) is 3.84. The number of hydrogen-bond acceptors (Lipinski definition) is 3. The van der Waals surface area contributed by atoms with Gasteiger partial charge in [0.2, 0.25) is 0 Å². The molecule has 0 amide bonds. The largest absolute Gasteiger partial charge is 0.311 e. The Morgan fingerprint density at radius 2 is 2.38 bits per heavy atom. The van der Waals surface area contributed by atoms with Crippen molar-refractivity contribution in [2.45, 2.75) is 19.4 Å². The molecular weight excluding hydrogens is 218 g/mol. The summed E-state index contributed by atoms with van der Waals surface area (Å²) >= 11 is 1.84. The number of rotatable bonds is 6. The average molecular weight is 235 g/mol. The Morgan fingerprint density at radius 1 is 1.44 bits per heavy atom. The molecule has 0 aliphatic heterocycles. The van der Waals surface area contributed by atoms with E-state index in [1.54, 1.807) is 0 Å². The van der Waals surface area contributed by atoms with Crippen LogP contribution in [0, 0.1) is 0 Å². The molecule has 0 aromatic carbocycles. The van der Waals surface area contributed by atoms with Crippen molar-refractivity contribution in [1.29, 1.82) is 0 Å². The number of thiophene rings is 1. The summed E-state index contributed by atoms with van der Waals surface area (Å²) in [6.07, 6.45) is 4.34. The molecule has 86 valence electrons. The zero-order chi connectivity index (χ0) is 11.2. The molecule has 0 atom stereocenters. The standard InChI is InChI=1S/C12H17N3S/c1-15-8-6-11(14-15)10-13-7-2-4-12-5-3-9-16-12/h3,5-6,8-9,13H,2,4,7,10H2,1H3. The minimum atomic E-state index is 0.866. The van der Waals surface area contributed by atoms with E-state index in [0.717, 1.165) is 18.8 Å². The molecule has 2 rings (SSSR count). The van der Waals surface area contributed by atoms with Crippen molar-refractivity contribution in [3.63, 3.8) is 0 Å². The van der Waals surface area contributed by atoms with Crippen LogP contribution in [0.5, 0.6) is 0 Å². The van der Waals surface area contributed by atoms with Crippen molar-refractivity contribution < 1.29 is 0 Å². The molecule has 0 saturated heterocycles. The van der Waals surface area contributed by atoms with Crippen molar-refractivity contribution in [3.8, 4) is 0 Å². The summed E-state index contributed by atoms with van der Waals surface area (Å²) in [4.78, 5) is 1.47. The summed E-state index contributed by atoms with van der Waals surface area (Å²) in [5.74, 6) is 0. The first-order valence-corrected chi connectivity index (χ1v) is 6.44. The number of aromatic nitrogens is 2. The van der Waals surface area contributed by atoms with Crippen molar-refractivity contribution in [2.24, 2.45) is 7.05 Å². The maximum absolute atomic E-state index is 4.31. The van der Waals surface area contributed by atoms with Crippen LogP contribution in [0.25, 0.3) is 0 Å². The molecule has 0 spiro atoms. The van der Waals surface area contributed by atoms with Gasteiger partial charge in [0, 0.05) is 24.7 Å². The van der Waals surface area contributed by atoms with Gasteiger partial charge in [0.1, 0.15) is 0 Å². The van der Waals surface area contributed by atoms with Gasteiger partial charge in [-0.25, -0.2) is 0 Å². The van der Waals surface area contributed by atoms with E-state index < -0.39 is 0 Å². The highest BCUT2D eigenvalue weighted by atomic mass is 32.1. The summed E-state index contributed by atoms with van der Waals surface area (Å²) in [6.45, 7) is 1.92. The number of nitrogens with one attached hydrogen (secondary N) is 1. The summed E-state index contributed by atoms with van der Waals surface area (Å²) in [6, 6.07) is 6.36. The van der Waals surface area contributed by atoms with Gasteiger partial charge in [0.25, 0.3) is 0 Å². The fourth-order valence-electron chi connectivity index (χ4n) is 1.62. The lowest BCUT2D eigenvalue weighted by atomic mass is 10.2. The fraction of sp³-hybridized carbons (Fsp3) is 0.417. The van der Waals surface area contributed by atoms with Crippen molar-refractivity contribution in [3.05, 3.63) is 40.3 Å². The Labute approximate surface area is 100 Å². The van der Waals surface area contributed by atoms with Gasteiger partial charge < -0.3 is 5.32 Å². The van der Waals surface area contributed by atoms with E-state index in [0.29, 0.717) is 0 Å². The first kappa shape index (κ1) is 11.4. The van der Waals surface area contributed by atoms with Crippen LogP contribution in [-0.2, 0) is 20.0 Å². The van der Waals surface area contributed by atoms with Crippen LogP contribution < -0.4 is 5.32 Å². The summed E-state index contributed by atoms with van der Waals surface area (Å²) in [5, 5.41) is 9.86. The van der Waals surface area contributed by atoms with Crippen LogP contribution in [0.1, 0.15) is 17.0 Å². The molecule has 0 aliphatic rings. The molecule has 0 bridgehead atoms. The average Bonchev–Trinajstić information content (AvgIpc) is 2.89. The summed E-state index contributed by atoms with van der Waals surface area (Å²) in [5.41, 5.74) is 1.11. The first-order valence-electron chi connectivity index (χ1n) is 5.56. The summed E-state index contributed by atoms with van der Waals surface area (Å²) < 4.78 is 1.84. The van der Waals surface area contributed by atoms with Crippen LogP contribution in [0.2, 0.25) is 0 Å². The second kappa shape index (κ2) is 5.82. The van der Waals surface area contributed by atoms with Crippen molar-refractivity contribution >= 4 is 11.3 Å². The molecular formula is C12H17N3S. The molecule has 0 fully saturated rings. The highest BCUT2D eigenvalue weighted by molar-refractivity contribution is 7.09. The lowest BCUT2D eigenvalue weighted by Gasteiger charge is -2.01. The Morgan fingerprint density at radius 3 is 3.06 bits per heavy atom. The van der Waals surface area contributed by atoms with Crippen molar-refractivity contribution in [2.75, 3.05) is 6.54 Å². The smallest absolute Gasteiger partial charge is 0.0762 e. The van der Waals surface area contributed by atoms with E-state index in [1.807, 2.05) is 35.3 Å². The van der Waals surface area contributed by atoms with Gasteiger partial charge in [-0.2, -0.15) is 5.10 Å². The van der Waals surface area contributed by atoms with E-state index >= 15 is 0 Å². The number of hydrogen-bond donors (Lipinski definition) is 1. The van der Waals surface area contributed by atoms with Crippen LogP contribution in [0.4, 0.5) is 0 Å². The summed E-state index contributed by atoms with van der Waals surface area (Å²) in [7, 11) is 1.94. The van der Waals surface area contributed by atoms with Gasteiger partial charge >= 0.3 is 0 Å². The Kier molecular flexibility index (Phi) is 4.13. The molecule has 0 radical (unpaired) electrons. The molecule has 2 aromatic heterocycles. The Balaban J connectivity index is 1.59. The quantitative estimate of drug-likeness (QED) is 0.778. The zero-order valence-corrected chi connectivity index (χ0v) is 10.3. The maximum Gasteiger partial charge on any atom is 0.0762 e. The van der Waals surface area contributed by atoms with E-state index in [4.69, 9.17) is 0 Å². The van der Waals surface area contributed by atoms with Gasteiger partial charge in [-0.1, -0.05) is 6.07 Å². The van der Waals surface area contributed by atoms with Gasteiger partial charge in [0.15, 0.2) is 0 Å². The maximum atomic E-state index is 4.31. The van der Waals surface area contributed by atoms with Crippen LogP contribution in [-0.4, -0.2) is 16.3 Å². The fourth-order valence-corrected chi connectivity index (χ4v) is 2.37. The molecule has 16 heavy (non-hydrogen) atoms. The molecule has 2 aromatic rings. The third kappa shape index (κ3) is 3.47. The predicted octanol–water partition coefficient (Wildman–Crippen LogP) is 2.20. The molecule has 3 nitrogen and oxygen atoms in total. The monoisotopic (exact) mass is 235 g/mol. The third-order valence-electron chi connectivity index (χ3n) is 2.43. The zero-order valence-electron chi connectivity index (χ0n) is 9.52. The SMILES string of the molecule is Cn1ccc(CNCCCc2cccs2)n1. The molecule has 2 heterocycles. The van der Waals surface area contributed by atoms with Crippen LogP contribution in [0.3, 0.4) is 0 Å². The minimum absolute atomic E-state index is 0.866. The molecule has 4 heteroatoms. The third-order valence-corrected chi connectivity index (χ3v) is 3.37. The molecule has 0 saturated carbocycles. The lowest BCUT2D eigenvalue weighted by molar-refractivity contribution is 0.630. The lowest BCUT2D eigenvalue weighted by Crippen LogP contribution is -2.15. The molecule has 0 aliphatic carbocycles. The van der Waals surface area contributed by atoms with Gasteiger partial charge in [-0.05, 0) is 36.9 Å². The highest BCUT2D eigenvalue weighted by Crippen LogP contribution is 2.10. The Hall–Kier alpha value is -1.13. The van der Waals surface area contributed by atoms with Gasteiger partial charge in [0.05, 0.1) is 5.69 Å². The van der Waals surface area contributed by atoms with E-state index in [1.165, 1.54) is 17.7 Å². The normalized spacial score (nSPS) is 10.8. The van der Waals surface area contributed by atoms with Crippen molar-refractivity contribution in [1.82, 2.24) is 15.1 Å². The second-order valence-corrected chi connectivity index (χ2v) is 4.87. The minimum Gasteiger partial charge on any atom is -0.311 e.